The predicted molar refractivity (Wildman–Crippen MR) is 100 cm³/mol. The van der Waals surface area contributed by atoms with Crippen molar-refractivity contribution in [3.8, 4) is 5.82 Å². The third kappa shape index (κ3) is 4.11. The normalized spacial score (nSPS) is 16.9. The van der Waals surface area contributed by atoms with E-state index in [1.54, 1.807) is 17.1 Å². The fraction of sp³-hybridized carbons (Fsp3) is 0.316. The molecule has 1 N–H and O–H groups in total. The van der Waals surface area contributed by atoms with Gasteiger partial charge in [0.1, 0.15) is 12.1 Å². The number of pyridine rings is 1. The summed E-state index contributed by atoms with van der Waals surface area (Å²) >= 11 is 0. The van der Waals surface area contributed by atoms with Crippen LogP contribution < -0.4 is 10.2 Å². The molecule has 1 atom stereocenters. The van der Waals surface area contributed by atoms with Crippen molar-refractivity contribution in [1.29, 1.82) is 0 Å². The van der Waals surface area contributed by atoms with Gasteiger partial charge in [-0.1, -0.05) is 6.07 Å². The first-order chi connectivity index (χ1) is 13.3. The summed E-state index contributed by atoms with van der Waals surface area (Å²) in [5, 5.41) is 7.21. The number of carbonyl (C=O) groups is 1. The average Bonchev–Trinajstić information content (AvgIpc) is 3.28. The third-order valence-corrected chi connectivity index (χ3v) is 4.66. The van der Waals surface area contributed by atoms with Crippen LogP contribution in [-0.4, -0.2) is 43.7 Å². The van der Waals surface area contributed by atoms with E-state index in [0.717, 1.165) is 30.9 Å². The van der Waals surface area contributed by atoms with E-state index < -0.39 is 0 Å². The molecule has 1 amide bonds. The molecule has 0 aliphatic carbocycles. The smallest absolute Gasteiger partial charge is 0.225 e. The summed E-state index contributed by atoms with van der Waals surface area (Å²) in [5.41, 5.74) is 0.859. The summed E-state index contributed by atoms with van der Waals surface area (Å²) in [7, 11) is 0. The van der Waals surface area contributed by atoms with Crippen LogP contribution in [0.2, 0.25) is 0 Å². The minimum atomic E-state index is -0.0643. The highest BCUT2D eigenvalue weighted by atomic mass is 16.1. The Labute approximate surface area is 157 Å². The Balaban J connectivity index is 1.40. The van der Waals surface area contributed by atoms with Crippen molar-refractivity contribution >= 4 is 11.7 Å². The van der Waals surface area contributed by atoms with Gasteiger partial charge in [0.15, 0.2) is 5.82 Å². The van der Waals surface area contributed by atoms with E-state index in [1.165, 1.54) is 6.33 Å². The zero-order valence-corrected chi connectivity index (χ0v) is 14.9. The Kier molecular flexibility index (Phi) is 5.04. The van der Waals surface area contributed by atoms with Gasteiger partial charge in [-0.25, -0.2) is 14.6 Å². The molecule has 138 valence electrons. The maximum atomic E-state index is 12.6. The Morgan fingerprint density at radius 1 is 1.15 bits per heavy atom. The van der Waals surface area contributed by atoms with Crippen LogP contribution in [-0.2, 0) is 11.3 Å². The van der Waals surface area contributed by atoms with Gasteiger partial charge in [-0.3, -0.25) is 9.78 Å². The van der Waals surface area contributed by atoms with Gasteiger partial charge >= 0.3 is 0 Å². The molecule has 0 saturated carbocycles. The molecule has 0 unspecified atom stereocenters. The zero-order chi connectivity index (χ0) is 18.5. The lowest BCUT2D eigenvalue weighted by Crippen LogP contribution is -2.43. The maximum Gasteiger partial charge on any atom is 0.225 e. The van der Waals surface area contributed by atoms with E-state index in [0.29, 0.717) is 18.9 Å². The lowest BCUT2D eigenvalue weighted by Gasteiger charge is -2.32. The minimum Gasteiger partial charge on any atom is -0.356 e. The van der Waals surface area contributed by atoms with Crippen molar-refractivity contribution in [3.63, 3.8) is 0 Å². The number of rotatable bonds is 5. The summed E-state index contributed by atoms with van der Waals surface area (Å²) in [5.74, 6) is 1.53. The van der Waals surface area contributed by atoms with Crippen LogP contribution in [0.15, 0.2) is 55.2 Å². The highest BCUT2D eigenvalue weighted by Crippen LogP contribution is 2.22. The van der Waals surface area contributed by atoms with Crippen molar-refractivity contribution in [2.45, 2.75) is 19.4 Å². The highest BCUT2D eigenvalue weighted by Gasteiger charge is 2.26. The van der Waals surface area contributed by atoms with E-state index in [2.05, 4.69) is 30.3 Å². The summed E-state index contributed by atoms with van der Waals surface area (Å²) in [6.07, 6.45) is 8.65. The first-order valence-electron chi connectivity index (χ1n) is 9.04. The highest BCUT2D eigenvalue weighted by molar-refractivity contribution is 5.79. The Morgan fingerprint density at radius 2 is 2.07 bits per heavy atom. The maximum absolute atomic E-state index is 12.6. The molecule has 3 aromatic heterocycles. The van der Waals surface area contributed by atoms with Gasteiger partial charge in [-0.2, -0.15) is 5.10 Å². The van der Waals surface area contributed by atoms with E-state index in [-0.39, 0.29) is 11.8 Å². The van der Waals surface area contributed by atoms with Gasteiger partial charge in [-0.15, -0.1) is 0 Å². The molecule has 4 rings (SSSR count). The predicted octanol–water partition coefficient (Wildman–Crippen LogP) is 1.59. The van der Waals surface area contributed by atoms with Crippen molar-refractivity contribution in [3.05, 3.63) is 60.9 Å². The number of nitrogens with zero attached hydrogens (tertiary/aromatic N) is 6. The number of hydrogen-bond acceptors (Lipinski definition) is 6. The average molecular weight is 363 g/mol. The van der Waals surface area contributed by atoms with Crippen LogP contribution in [0, 0.1) is 5.92 Å². The molecule has 8 nitrogen and oxygen atoms in total. The molecule has 1 aliphatic heterocycles. The number of anilines is 1. The van der Waals surface area contributed by atoms with Crippen LogP contribution in [0.25, 0.3) is 5.82 Å². The standard InChI is InChI=1S/C19H21N7O/c27-19(21-12-16-6-1-2-7-20-16)15-5-3-9-25(13-15)17-11-18(23-14-22-17)26-10-4-8-24-26/h1-2,4,6-8,10-11,14-15H,3,5,9,12-13H2,(H,21,27)/t15-/m0/s1. The topological polar surface area (TPSA) is 88.8 Å². The van der Waals surface area contributed by atoms with Crippen LogP contribution in [0.5, 0.6) is 0 Å². The number of hydrogen-bond donors (Lipinski definition) is 1. The molecule has 0 radical (unpaired) electrons. The van der Waals surface area contributed by atoms with Crippen molar-refractivity contribution < 1.29 is 4.79 Å². The molecule has 1 saturated heterocycles. The first-order valence-corrected chi connectivity index (χ1v) is 9.04. The zero-order valence-electron chi connectivity index (χ0n) is 14.9. The molecule has 4 heterocycles. The minimum absolute atomic E-state index is 0.0618. The van der Waals surface area contributed by atoms with Gasteiger partial charge in [-0.05, 0) is 31.0 Å². The second-order valence-electron chi connectivity index (χ2n) is 6.51. The molecule has 8 heteroatoms. The molecule has 0 spiro atoms. The number of carbonyl (C=O) groups excluding carboxylic acids is 1. The molecule has 0 aromatic carbocycles. The summed E-state index contributed by atoms with van der Waals surface area (Å²) < 4.78 is 1.70. The van der Waals surface area contributed by atoms with E-state index in [4.69, 9.17) is 0 Å². The summed E-state index contributed by atoms with van der Waals surface area (Å²) in [6, 6.07) is 9.45. The molecule has 1 aliphatic rings. The number of nitrogens with one attached hydrogen (secondary N) is 1. The fourth-order valence-electron chi connectivity index (χ4n) is 3.26. The molecule has 27 heavy (non-hydrogen) atoms. The van der Waals surface area contributed by atoms with Crippen LogP contribution in [0.3, 0.4) is 0 Å². The number of aromatic nitrogens is 5. The first kappa shape index (κ1) is 17.1. The van der Waals surface area contributed by atoms with Gasteiger partial charge < -0.3 is 10.2 Å². The van der Waals surface area contributed by atoms with Crippen LogP contribution in [0.4, 0.5) is 5.82 Å². The Hall–Kier alpha value is -3.29. The fourth-order valence-corrected chi connectivity index (χ4v) is 3.26. The van der Waals surface area contributed by atoms with Crippen LogP contribution in [0.1, 0.15) is 18.5 Å². The van der Waals surface area contributed by atoms with Crippen molar-refractivity contribution in [1.82, 2.24) is 30.0 Å². The Bertz CT molecular complexity index is 882. The summed E-state index contributed by atoms with van der Waals surface area (Å²) in [4.78, 5) is 27.6. The number of amides is 1. The molecule has 3 aromatic rings. The van der Waals surface area contributed by atoms with Gasteiger partial charge in [0.25, 0.3) is 0 Å². The molecular weight excluding hydrogens is 342 g/mol. The second-order valence-corrected chi connectivity index (χ2v) is 6.51. The molecular formula is C19H21N7O. The van der Waals surface area contributed by atoms with E-state index >= 15 is 0 Å². The van der Waals surface area contributed by atoms with Gasteiger partial charge in [0.05, 0.1) is 18.2 Å². The van der Waals surface area contributed by atoms with E-state index in [9.17, 15) is 4.79 Å². The third-order valence-electron chi connectivity index (χ3n) is 4.66. The summed E-state index contributed by atoms with van der Waals surface area (Å²) in [6.45, 7) is 1.97. The number of piperidine rings is 1. The monoisotopic (exact) mass is 363 g/mol. The molecule has 1 fully saturated rings. The largest absolute Gasteiger partial charge is 0.356 e. The Morgan fingerprint density at radius 3 is 2.89 bits per heavy atom. The lowest BCUT2D eigenvalue weighted by molar-refractivity contribution is -0.125. The van der Waals surface area contributed by atoms with Crippen molar-refractivity contribution in [2.75, 3.05) is 18.0 Å². The lowest BCUT2D eigenvalue weighted by atomic mass is 9.97. The molecule has 0 bridgehead atoms. The van der Waals surface area contributed by atoms with Gasteiger partial charge in [0.2, 0.25) is 5.91 Å². The van der Waals surface area contributed by atoms with Crippen LogP contribution >= 0.6 is 0 Å². The SMILES string of the molecule is O=C(NCc1ccccn1)[C@H]1CCCN(c2cc(-n3cccn3)ncn2)C1. The van der Waals surface area contributed by atoms with Crippen molar-refractivity contribution in [2.24, 2.45) is 5.92 Å². The second kappa shape index (κ2) is 7.94. The van der Waals surface area contributed by atoms with E-state index in [1.807, 2.05) is 36.5 Å². The quantitative estimate of drug-likeness (QED) is 0.741. The van der Waals surface area contributed by atoms with Gasteiger partial charge in [0, 0.05) is 37.7 Å².